The molecule has 0 saturated heterocycles. The maximum absolute atomic E-state index is 11.9. The summed E-state index contributed by atoms with van der Waals surface area (Å²) < 4.78 is 16.1. The van der Waals surface area contributed by atoms with Gasteiger partial charge in [-0.3, -0.25) is 4.79 Å². The summed E-state index contributed by atoms with van der Waals surface area (Å²) in [7, 11) is 3.08. The Kier molecular flexibility index (Phi) is 7.43. The first-order chi connectivity index (χ1) is 12.9. The third-order valence-corrected chi connectivity index (χ3v) is 4.22. The normalized spacial score (nSPS) is 10.5. The minimum absolute atomic E-state index is 0.380. The van der Waals surface area contributed by atoms with Crippen molar-refractivity contribution in [2.75, 3.05) is 26.1 Å². The molecule has 6 nitrogen and oxygen atoms in total. The Morgan fingerprint density at radius 1 is 1.07 bits per heavy atom. The number of nitrogens with one attached hydrogen (secondary N) is 1. The van der Waals surface area contributed by atoms with E-state index >= 15 is 0 Å². The second kappa shape index (κ2) is 9.78. The summed E-state index contributed by atoms with van der Waals surface area (Å²) in [4.78, 5) is 23.7. The molecule has 0 aliphatic carbocycles. The molecule has 2 rings (SSSR count). The van der Waals surface area contributed by atoms with Crippen molar-refractivity contribution in [3.8, 4) is 11.5 Å². The third kappa shape index (κ3) is 6.14. The zero-order valence-corrected chi connectivity index (χ0v) is 16.8. The van der Waals surface area contributed by atoms with Gasteiger partial charge in [0.05, 0.1) is 19.9 Å². The molecule has 0 spiro atoms. The first kappa shape index (κ1) is 20.5. The molecule has 0 unspecified atom stereocenters. The average molecular weight is 434 g/mol. The number of aryl methyl sites for hydroxylation is 1. The number of carbonyl (C=O) groups is 2. The van der Waals surface area contributed by atoms with Gasteiger partial charge in [0.1, 0.15) is 0 Å². The van der Waals surface area contributed by atoms with Crippen LogP contribution < -0.4 is 14.8 Å². The number of hydrogen-bond donors (Lipinski definition) is 1. The van der Waals surface area contributed by atoms with Gasteiger partial charge in [-0.15, -0.1) is 0 Å². The Bertz CT molecular complexity index is 863. The second-order valence-electron chi connectivity index (χ2n) is 5.59. The van der Waals surface area contributed by atoms with Gasteiger partial charge < -0.3 is 19.5 Å². The highest BCUT2D eigenvalue weighted by atomic mass is 79.9. The second-order valence-corrected chi connectivity index (χ2v) is 6.44. The molecule has 1 N–H and O–H groups in total. The van der Waals surface area contributed by atoms with Crippen LogP contribution in [0.25, 0.3) is 6.08 Å². The summed E-state index contributed by atoms with van der Waals surface area (Å²) in [6.07, 6.45) is 2.81. The molecule has 0 radical (unpaired) electrons. The van der Waals surface area contributed by atoms with Gasteiger partial charge in [0.2, 0.25) is 0 Å². The van der Waals surface area contributed by atoms with E-state index in [1.807, 2.05) is 19.1 Å². The van der Waals surface area contributed by atoms with Crippen LogP contribution in [0.2, 0.25) is 0 Å². The van der Waals surface area contributed by atoms with Crippen molar-refractivity contribution < 1.29 is 23.8 Å². The van der Waals surface area contributed by atoms with Gasteiger partial charge in [0.25, 0.3) is 5.91 Å². The highest BCUT2D eigenvalue weighted by molar-refractivity contribution is 9.10. The molecule has 1 amide bonds. The predicted molar refractivity (Wildman–Crippen MR) is 107 cm³/mol. The van der Waals surface area contributed by atoms with Crippen molar-refractivity contribution in [3.05, 3.63) is 58.1 Å². The maximum atomic E-state index is 11.9. The van der Waals surface area contributed by atoms with E-state index in [1.165, 1.54) is 13.2 Å². The van der Waals surface area contributed by atoms with Crippen LogP contribution in [0.3, 0.4) is 0 Å². The lowest BCUT2D eigenvalue weighted by molar-refractivity contribution is -0.142. The lowest BCUT2D eigenvalue weighted by Crippen LogP contribution is -2.20. The van der Waals surface area contributed by atoms with Crippen molar-refractivity contribution in [2.24, 2.45) is 0 Å². The van der Waals surface area contributed by atoms with E-state index < -0.39 is 11.9 Å². The maximum Gasteiger partial charge on any atom is 0.331 e. The Hall–Kier alpha value is -2.80. The van der Waals surface area contributed by atoms with E-state index in [9.17, 15) is 9.59 Å². The van der Waals surface area contributed by atoms with Crippen LogP contribution in [0.15, 0.2) is 46.9 Å². The van der Waals surface area contributed by atoms with Crippen molar-refractivity contribution >= 4 is 39.6 Å². The lowest BCUT2D eigenvalue weighted by atomic mass is 10.2. The zero-order chi connectivity index (χ0) is 19.8. The summed E-state index contributed by atoms with van der Waals surface area (Å²) in [6.45, 7) is 1.57. The van der Waals surface area contributed by atoms with Crippen LogP contribution in [-0.4, -0.2) is 32.7 Å². The fraction of sp³-hybridized carbons (Fsp3) is 0.200. The first-order valence-electron chi connectivity index (χ1n) is 8.06. The number of esters is 1. The van der Waals surface area contributed by atoms with E-state index in [-0.39, 0.29) is 6.61 Å². The summed E-state index contributed by atoms with van der Waals surface area (Å²) in [5, 5.41) is 2.68. The number of halogens is 1. The summed E-state index contributed by atoms with van der Waals surface area (Å²) in [6, 6.07) is 10.8. The summed E-state index contributed by atoms with van der Waals surface area (Å²) in [5.74, 6) is 0.0996. The Morgan fingerprint density at radius 3 is 2.48 bits per heavy atom. The molecule has 0 aromatic heterocycles. The summed E-state index contributed by atoms with van der Waals surface area (Å²) in [5.41, 5.74) is 2.41. The smallest absolute Gasteiger partial charge is 0.331 e. The Labute approximate surface area is 166 Å². The number of rotatable bonds is 7. The number of methoxy groups -OCH3 is 2. The van der Waals surface area contributed by atoms with Crippen LogP contribution in [0.4, 0.5) is 5.69 Å². The van der Waals surface area contributed by atoms with Crippen LogP contribution in [0.5, 0.6) is 11.5 Å². The van der Waals surface area contributed by atoms with E-state index in [0.717, 1.165) is 15.6 Å². The van der Waals surface area contributed by atoms with Crippen molar-refractivity contribution in [1.29, 1.82) is 0 Å². The van der Waals surface area contributed by atoms with Crippen LogP contribution >= 0.6 is 15.9 Å². The monoisotopic (exact) mass is 433 g/mol. The molecule has 0 aliphatic heterocycles. The number of hydrogen-bond acceptors (Lipinski definition) is 5. The SMILES string of the molecule is COc1ccc(/C=C/C(=O)OCC(=O)Nc2ccc(C)cc2Br)cc1OC. The van der Waals surface area contributed by atoms with Crippen molar-refractivity contribution in [1.82, 2.24) is 0 Å². The predicted octanol–water partition coefficient (Wildman–Crippen LogP) is 3.97. The van der Waals surface area contributed by atoms with E-state index in [1.54, 1.807) is 37.5 Å². The Morgan fingerprint density at radius 2 is 1.81 bits per heavy atom. The first-order valence-corrected chi connectivity index (χ1v) is 8.85. The minimum Gasteiger partial charge on any atom is -0.493 e. The minimum atomic E-state index is -0.622. The van der Waals surface area contributed by atoms with Gasteiger partial charge >= 0.3 is 5.97 Å². The quantitative estimate of drug-likeness (QED) is 0.528. The molecule has 0 atom stereocenters. The third-order valence-electron chi connectivity index (χ3n) is 3.56. The summed E-state index contributed by atoms with van der Waals surface area (Å²) >= 11 is 3.38. The molecular formula is C20H20BrNO5. The van der Waals surface area contributed by atoms with Gasteiger partial charge in [-0.25, -0.2) is 4.79 Å². The fourth-order valence-electron chi connectivity index (χ4n) is 2.21. The largest absolute Gasteiger partial charge is 0.493 e. The van der Waals surface area contributed by atoms with E-state index in [4.69, 9.17) is 14.2 Å². The number of carbonyl (C=O) groups excluding carboxylic acids is 2. The molecule has 7 heteroatoms. The topological polar surface area (TPSA) is 73.9 Å². The Balaban J connectivity index is 1.88. The number of amides is 1. The van der Waals surface area contributed by atoms with Gasteiger partial charge in [-0.1, -0.05) is 12.1 Å². The molecule has 27 heavy (non-hydrogen) atoms. The highest BCUT2D eigenvalue weighted by Gasteiger charge is 2.08. The molecule has 0 fully saturated rings. The van der Waals surface area contributed by atoms with Crippen LogP contribution in [-0.2, 0) is 14.3 Å². The number of ether oxygens (including phenoxy) is 3. The molecule has 142 valence electrons. The van der Waals surface area contributed by atoms with Crippen LogP contribution in [0, 0.1) is 6.92 Å². The molecule has 2 aromatic rings. The van der Waals surface area contributed by atoms with Crippen molar-refractivity contribution in [3.63, 3.8) is 0 Å². The van der Waals surface area contributed by atoms with Crippen LogP contribution in [0.1, 0.15) is 11.1 Å². The number of anilines is 1. The molecule has 2 aromatic carbocycles. The lowest BCUT2D eigenvalue weighted by Gasteiger charge is -2.08. The van der Waals surface area contributed by atoms with Gasteiger partial charge in [-0.05, 0) is 64.3 Å². The van der Waals surface area contributed by atoms with E-state index in [2.05, 4.69) is 21.2 Å². The molecule has 0 bridgehead atoms. The standard InChI is InChI=1S/C20H20BrNO5/c1-13-4-7-16(15(21)10-13)22-19(23)12-27-20(24)9-6-14-5-8-17(25-2)18(11-14)26-3/h4-11H,12H2,1-3H3,(H,22,23)/b9-6+. The number of benzene rings is 2. The van der Waals surface area contributed by atoms with Gasteiger partial charge in [-0.2, -0.15) is 0 Å². The average Bonchev–Trinajstić information content (AvgIpc) is 2.66. The van der Waals surface area contributed by atoms with Gasteiger partial charge in [0.15, 0.2) is 18.1 Å². The van der Waals surface area contributed by atoms with E-state index in [0.29, 0.717) is 17.2 Å². The zero-order valence-electron chi connectivity index (χ0n) is 15.2. The highest BCUT2D eigenvalue weighted by Crippen LogP contribution is 2.28. The molecule has 0 saturated carbocycles. The van der Waals surface area contributed by atoms with Gasteiger partial charge in [0, 0.05) is 10.5 Å². The van der Waals surface area contributed by atoms with Crippen molar-refractivity contribution in [2.45, 2.75) is 6.92 Å². The fourth-order valence-corrected chi connectivity index (χ4v) is 2.81. The molecule has 0 aliphatic rings. The molecular weight excluding hydrogens is 414 g/mol. The molecule has 0 heterocycles.